The van der Waals surface area contributed by atoms with Crippen LogP contribution >= 0.6 is 0 Å². The lowest BCUT2D eigenvalue weighted by molar-refractivity contribution is 0.940. The molecule has 14 heavy (non-hydrogen) atoms. The Hall–Kier alpha value is -1.55. The molecule has 2 N–H and O–H groups in total. The molecule has 0 fully saturated rings. The van der Waals surface area contributed by atoms with Gasteiger partial charge in [0.15, 0.2) is 5.82 Å². The summed E-state index contributed by atoms with van der Waals surface area (Å²) in [5.41, 5.74) is 7.70. The summed E-state index contributed by atoms with van der Waals surface area (Å²) in [4.78, 5) is 6.47. The van der Waals surface area contributed by atoms with Crippen LogP contribution in [0.15, 0.2) is 24.4 Å². The van der Waals surface area contributed by atoms with Gasteiger partial charge in [0.1, 0.15) is 5.65 Å². The lowest BCUT2D eigenvalue weighted by atomic mass is 10.4. The minimum Gasteiger partial charge on any atom is -0.361 e. The first-order valence-electron chi connectivity index (χ1n) is 4.57. The van der Waals surface area contributed by atoms with Crippen molar-refractivity contribution in [2.45, 2.75) is 6.54 Å². The van der Waals surface area contributed by atoms with Crippen molar-refractivity contribution in [3.8, 4) is 0 Å². The van der Waals surface area contributed by atoms with E-state index in [0.29, 0.717) is 6.54 Å². The molecule has 0 saturated heterocycles. The van der Waals surface area contributed by atoms with E-state index in [9.17, 15) is 0 Å². The Morgan fingerprint density at radius 2 is 2.21 bits per heavy atom. The molecule has 0 spiro atoms. The van der Waals surface area contributed by atoms with E-state index in [-0.39, 0.29) is 0 Å². The fourth-order valence-corrected chi connectivity index (χ4v) is 1.58. The lowest BCUT2D eigenvalue weighted by Crippen LogP contribution is -2.13. The summed E-state index contributed by atoms with van der Waals surface area (Å²) in [5, 5.41) is 0. The summed E-state index contributed by atoms with van der Waals surface area (Å²) in [7, 11) is 3.95. The first-order chi connectivity index (χ1) is 6.74. The van der Waals surface area contributed by atoms with Crippen LogP contribution in [0.5, 0.6) is 0 Å². The highest BCUT2D eigenvalue weighted by molar-refractivity contribution is 5.55. The number of nitrogens with zero attached hydrogens (tertiary/aromatic N) is 3. The van der Waals surface area contributed by atoms with Crippen LogP contribution < -0.4 is 10.6 Å². The van der Waals surface area contributed by atoms with Crippen molar-refractivity contribution in [1.29, 1.82) is 0 Å². The smallest absolute Gasteiger partial charge is 0.151 e. The maximum atomic E-state index is 5.71. The molecule has 4 heteroatoms. The summed E-state index contributed by atoms with van der Waals surface area (Å²) < 4.78 is 2.02. The van der Waals surface area contributed by atoms with E-state index in [2.05, 4.69) is 4.98 Å². The summed E-state index contributed by atoms with van der Waals surface area (Å²) in [6.45, 7) is 0.499. The van der Waals surface area contributed by atoms with Gasteiger partial charge in [0.05, 0.1) is 5.69 Å². The topological polar surface area (TPSA) is 46.6 Å². The zero-order valence-electron chi connectivity index (χ0n) is 8.44. The van der Waals surface area contributed by atoms with Gasteiger partial charge >= 0.3 is 0 Å². The second kappa shape index (κ2) is 3.31. The third kappa shape index (κ3) is 1.24. The Balaban J connectivity index is 2.72. The monoisotopic (exact) mass is 190 g/mol. The Bertz CT molecular complexity index is 444. The fraction of sp³-hybridized carbons (Fsp3) is 0.300. The van der Waals surface area contributed by atoms with E-state index in [1.54, 1.807) is 0 Å². The molecule has 74 valence electrons. The van der Waals surface area contributed by atoms with Crippen molar-refractivity contribution in [3.05, 3.63) is 30.1 Å². The molecule has 0 bridgehead atoms. The highest BCUT2D eigenvalue weighted by Gasteiger charge is 2.10. The first-order valence-corrected chi connectivity index (χ1v) is 4.57. The molecule has 0 aromatic carbocycles. The van der Waals surface area contributed by atoms with Crippen molar-refractivity contribution in [1.82, 2.24) is 9.38 Å². The normalized spacial score (nSPS) is 10.8. The van der Waals surface area contributed by atoms with E-state index >= 15 is 0 Å². The van der Waals surface area contributed by atoms with E-state index in [1.807, 2.05) is 47.8 Å². The average molecular weight is 190 g/mol. The number of nitrogens with two attached hydrogens (primary N) is 1. The van der Waals surface area contributed by atoms with Gasteiger partial charge in [-0.15, -0.1) is 0 Å². The molecule has 2 rings (SSSR count). The molecule has 0 saturated carbocycles. The van der Waals surface area contributed by atoms with Crippen LogP contribution in [0.2, 0.25) is 0 Å². The number of fused-ring (bicyclic) bond motifs is 1. The third-order valence-corrected chi connectivity index (χ3v) is 2.22. The predicted molar refractivity (Wildman–Crippen MR) is 57.4 cm³/mol. The number of imidazole rings is 1. The molecular weight excluding hydrogens is 176 g/mol. The lowest BCUT2D eigenvalue weighted by Gasteiger charge is -2.10. The number of aromatic nitrogens is 2. The van der Waals surface area contributed by atoms with Crippen LogP contribution in [0.3, 0.4) is 0 Å². The maximum absolute atomic E-state index is 5.71. The average Bonchev–Trinajstić information content (AvgIpc) is 2.56. The zero-order valence-corrected chi connectivity index (χ0v) is 8.44. The van der Waals surface area contributed by atoms with E-state index < -0.39 is 0 Å². The van der Waals surface area contributed by atoms with Crippen molar-refractivity contribution in [3.63, 3.8) is 0 Å². The molecule has 0 aliphatic rings. The van der Waals surface area contributed by atoms with Crippen molar-refractivity contribution >= 4 is 11.5 Å². The van der Waals surface area contributed by atoms with Crippen LogP contribution in [0.25, 0.3) is 5.65 Å². The highest BCUT2D eigenvalue weighted by Crippen LogP contribution is 2.18. The van der Waals surface area contributed by atoms with Gasteiger partial charge in [0.25, 0.3) is 0 Å². The van der Waals surface area contributed by atoms with Crippen LogP contribution in [-0.4, -0.2) is 23.5 Å². The van der Waals surface area contributed by atoms with Crippen LogP contribution in [0, 0.1) is 0 Å². The van der Waals surface area contributed by atoms with Gasteiger partial charge in [-0.3, -0.25) is 0 Å². The number of rotatable bonds is 2. The Morgan fingerprint density at radius 3 is 2.86 bits per heavy atom. The first kappa shape index (κ1) is 9.02. The van der Waals surface area contributed by atoms with Gasteiger partial charge in [-0.2, -0.15) is 0 Å². The number of anilines is 1. The maximum Gasteiger partial charge on any atom is 0.151 e. The van der Waals surface area contributed by atoms with E-state index in [4.69, 9.17) is 5.73 Å². The molecule has 0 aliphatic heterocycles. The number of hydrogen-bond acceptors (Lipinski definition) is 3. The Kier molecular flexibility index (Phi) is 2.13. The van der Waals surface area contributed by atoms with Gasteiger partial charge in [-0.1, -0.05) is 6.07 Å². The van der Waals surface area contributed by atoms with Crippen molar-refractivity contribution in [2.24, 2.45) is 5.73 Å². The molecule has 0 unspecified atom stereocenters. The summed E-state index contributed by atoms with van der Waals surface area (Å²) in [5.74, 6) is 0.943. The largest absolute Gasteiger partial charge is 0.361 e. The Labute approximate surface area is 83.0 Å². The second-order valence-electron chi connectivity index (χ2n) is 3.41. The highest BCUT2D eigenvalue weighted by atomic mass is 15.2. The molecular formula is C10H14N4. The summed E-state index contributed by atoms with van der Waals surface area (Å²) >= 11 is 0. The summed E-state index contributed by atoms with van der Waals surface area (Å²) in [6.07, 6.45) is 1.98. The van der Waals surface area contributed by atoms with Gasteiger partial charge in [-0.25, -0.2) is 4.98 Å². The van der Waals surface area contributed by atoms with E-state index in [1.165, 1.54) is 0 Å². The predicted octanol–water partition coefficient (Wildman–Crippen LogP) is 0.859. The zero-order chi connectivity index (χ0) is 10.1. The minimum atomic E-state index is 0.499. The van der Waals surface area contributed by atoms with Gasteiger partial charge in [0, 0.05) is 26.8 Å². The second-order valence-corrected chi connectivity index (χ2v) is 3.41. The number of pyridine rings is 1. The fourth-order valence-electron chi connectivity index (χ4n) is 1.58. The number of hydrogen-bond donors (Lipinski definition) is 1. The molecule has 2 heterocycles. The summed E-state index contributed by atoms with van der Waals surface area (Å²) in [6, 6.07) is 5.93. The van der Waals surface area contributed by atoms with Crippen molar-refractivity contribution < 1.29 is 0 Å². The molecule has 0 atom stereocenters. The van der Waals surface area contributed by atoms with Gasteiger partial charge in [-0.05, 0) is 12.1 Å². The van der Waals surface area contributed by atoms with Crippen LogP contribution in [0.4, 0.5) is 5.82 Å². The minimum absolute atomic E-state index is 0.499. The molecule has 2 aromatic rings. The molecule has 0 amide bonds. The van der Waals surface area contributed by atoms with E-state index in [0.717, 1.165) is 17.2 Å². The molecule has 4 nitrogen and oxygen atoms in total. The molecule has 0 radical (unpaired) electrons. The quantitative estimate of drug-likeness (QED) is 0.764. The molecule has 2 aromatic heterocycles. The molecule has 0 aliphatic carbocycles. The Morgan fingerprint density at radius 1 is 1.43 bits per heavy atom. The van der Waals surface area contributed by atoms with Gasteiger partial charge in [0.2, 0.25) is 0 Å². The van der Waals surface area contributed by atoms with Gasteiger partial charge < -0.3 is 15.0 Å². The van der Waals surface area contributed by atoms with Crippen LogP contribution in [-0.2, 0) is 6.54 Å². The van der Waals surface area contributed by atoms with Crippen LogP contribution in [0.1, 0.15) is 5.69 Å². The van der Waals surface area contributed by atoms with Crippen molar-refractivity contribution in [2.75, 3.05) is 19.0 Å². The standard InChI is InChI=1S/C10H14N4/c1-13(2)10-8(7-11)14-6-4-3-5-9(14)12-10/h3-6H,7,11H2,1-2H3. The third-order valence-electron chi connectivity index (χ3n) is 2.22. The SMILES string of the molecule is CN(C)c1nc2ccccn2c1CN.